The lowest BCUT2D eigenvalue weighted by molar-refractivity contribution is -0.126. The number of piperidine rings is 1. The third-order valence-electron chi connectivity index (χ3n) is 4.35. The monoisotopic (exact) mass is 328 g/mol. The van der Waals surface area contributed by atoms with Crippen LogP contribution < -0.4 is 5.32 Å². The van der Waals surface area contributed by atoms with E-state index >= 15 is 0 Å². The molecule has 1 aromatic heterocycles. The average molecular weight is 328 g/mol. The second kappa shape index (κ2) is 8.06. The minimum absolute atomic E-state index is 0.0973. The second-order valence-corrected chi connectivity index (χ2v) is 6.41. The summed E-state index contributed by atoms with van der Waals surface area (Å²) in [5, 5.41) is 6.99. The van der Waals surface area contributed by atoms with Crippen LogP contribution in [-0.4, -0.2) is 47.6 Å². The third kappa shape index (κ3) is 4.64. The Morgan fingerprint density at radius 3 is 3.00 bits per heavy atom. The fraction of sp³-hybridized carbons (Fsp3) is 0.500. The SMILES string of the molecule is CN1CCC[C@@H](C(=O)NCCc2nc(Cc3ccccc3)no2)C1. The average Bonchev–Trinajstić information content (AvgIpc) is 3.03. The van der Waals surface area contributed by atoms with Crippen molar-refractivity contribution in [1.82, 2.24) is 20.4 Å². The van der Waals surface area contributed by atoms with E-state index in [1.807, 2.05) is 30.3 Å². The van der Waals surface area contributed by atoms with Crippen LogP contribution in [0, 0.1) is 5.92 Å². The quantitative estimate of drug-likeness (QED) is 0.873. The predicted octanol–water partition coefficient (Wildman–Crippen LogP) is 1.66. The van der Waals surface area contributed by atoms with Gasteiger partial charge in [0.25, 0.3) is 0 Å². The van der Waals surface area contributed by atoms with Gasteiger partial charge in [-0.05, 0) is 32.0 Å². The Hall–Kier alpha value is -2.21. The molecule has 2 aromatic rings. The number of hydrogen-bond acceptors (Lipinski definition) is 5. The maximum atomic E-state index is 12.2. The van der Waals surface area contributed by atoms with Crippen molar-refractivity contribution < 1.29 is 9.32 Å². The Kier molecular flexibility index (Phi) is 5.59. The Morgan fingerprint density at radius 2 is 2.21 bits per heavy atom. The first-order chi connectivity index (χ1) is 11.7. The van der Waals surface area contributed by atoms with E-state index in [1.165, 1.54) is 0 Å². The van der Waals surface area contributed by atoms with Gasteiger partial charge in [-0.3, -0.25) is 4.79 Å². The molecule has 1 fully saturated rings. The fourth-order valence-electron chi connectivity index (χ4n) is 3.06. The summed E-state index contributed by atoms with van der Waals surface area (Å²) in [7, 11) is 2.06. The number of aromatic nitrogens is 2. The lowest BCUT2D eigenvalue weighted by Crippen LogP contribution is -2.41. The van der Waals surface area contributed by atoms with Crippen LogP contribution in [0.2, 0.25) is 0 Å². The van der Waals surface area contributed by atoms with E-state index in [0.29, 0.717) is 31.1 Å². The molecule has 6 heteroatoms. The van der Waals surface area contributed by atoms with Gasteiger partial charge in [0.15, 0.2) is 5.82 Å². The molecule has 6 nitrogen and oxygen atoms in total. The first-order valence-electron chi connectivity index (χ1n) is 8.52. The van der Waals surface area contributed by atoms with Crippen LogP contribution in [0.4, 0.5) is 0 Å². The van der Waals surface area contributed by atoms with E-state index in [2.05, 4.69) is 27.4 Å². The van der Waals surface area contributed by atoms with E-state index in [1.54, 1.807) is 0 Å². The highest BCUT2D eigenvalue weighted by atomic mass is 16.5. The van der Waals surface area contributed by atoms with Gasteiger partial charge in [-0.15, -0.1) is 0 Å². The minimum atomic E-state index is 0.0973. The molecule has 24 heavy (non-hydrogen) atoms. The number of carbonyl (C=O) groups is 1. The lowest BCUT2D eigenvalue weighted by Gasteiger charge is -2.28. The summed E-state index contributed by atoms with van der Waals surface area (Å²) >= 11 is 0. The number of likely N-dealkylation sites (tertiary alicyclic amines) is 1. The molecule has 1 atom stereocenters. The molecule has 0 saturated carbocycles. The van der Waals surface area contributed by atoms with Gasteiger partial charge in [0.05, 0.1) is 5.92 Å². The summed E-state index contributed by atoms with van der Waals surface area (Å²) in [6.07, 6.45) is 3.28. The Bertz CT molecular complexity index is 656. The molecule has 1 N–H and O–H groups in total. The predicted molar refractivity (Wildman–Crippen MR) is 90.5 cm³/mol. The zero-order valence-electron chi connectivity index (χ0n) is 14.1. The van der Waals surface area contributed by atoms with Crippen molar-refractivity contribution >= 4 is 5.91 Å². The van der Waals surface area contributed by atoms with Crippen LogP contribution in [0.3, 0.4) is 0 Å². The molecule has 1 amide bonds. The van der Waals surface area contributed by atoms with Gasteiger partial charge in [0.2, 0.25) is 11.8 Å². The van der Waals surface area contributed by atoms with Gasteiger partial charge in [-0.1, -0.05) is 35.5 Å². The number of carbonyl (C=O) groups excluding carboxylic acids is 1. The van der Waals surface area contributed by atoms with Crippen LogP contribution in [0.5, 0.6) is 0 Å². The maximum Gasteiger partial charge on any atom is 0.228 e. The Morgan fingerprint density at radius 1 is 1.38 bits per heavy atom. The van der Waals surface area contributed by atoms with Crippen molar-refractivity contribution in [2.45, 2.75) is 25.7 Å². The molecule has 0 spiro atoms. The van der Waals surface area contributed by atoms with Gasteiger partial charge >= 0.3 is 0 Å². The smallest absolute Gasteiger partial charge is 0.228 e. The maximum absolute atomic E-state index is 12.2. The number of nitrogens with one attached hydrogen (secondary N) is 1. The molecular weight excluding hydrogens is 304 g/mol. The summed E-state index contributed by atoms with van der Waals surface area (Å²) in [6, 6.07) is 10.1. The zero-order valence-corrected chi connectivity index (χ0v) is 14.1. The lowest BCUT2D eigenvalue weighted by atomic mass is 9.97. The van der Waals surface area contributed by atoms with Crippen molar-refractivity contribution in [3.8, 4) is 0 Å². The molecule has 1 aliphatic heterocycles. The molecular formula is C18H24N4O2. The van der Waals surface area contributed by atoms with Crippen LogP contribution in [0.25, 0.3) is 0 Å². The van der Waals surface area contributed by atoms with Gasteiger partial charge in [-0.25, -0.2) is 0 Å². The Labute approximate surface area is 142 Å². The van der Waals surface area contributed by atoms with Crippen LogP contribution in [0.15, 0.2) is 34.9 Å². The molecule has 0 bridgehead atoms. The summed E-state index contributed by atoms with van der Waals surface area (Å²) in [6.45, 7) is 2.45. The van der Waals surface area contributed by atoms with Gasteiger partial charge in [0, 0.05) is 25.9 Å². The van der Waals surface area contributed by atoms with E-state index in [4.69, 9.17) is 4.52 Å². The van der Waals surface area contributed by atoms with Crippen LogP contribution in [0.1, 0.15) is 30.1 Å². The molecule has 1 aliphatic rings. The zero-order chi connectivity index (χ0) is 16.8. The van der Waals surface area contributed by atoms with Crippen molar-refractivity contribution in [3.63, 3.8) is 0 Å². The van der Waals surface area contributed by atoms with Crippen LogP contribution >= 0.6 is 0 Å². The molecule has 0 radical (unpaired) electrons. The standard InChI is InChI=1S/C18H24N4O2/c1-22-11-5-8-15(13-22)18(23)19-10-9-17-20-16(21-24-17)12-14-6-3-2-4-7-14/h2-4,6-7,15H,5,8-13H2,1H3,(H,19,23)/t15-/m1/s1. The molecule has 1 aromatic carbocycles. The van der Waals surface area contributed by atoms with Crippen molar-refractivity contribution in [2.75, 3.05) is 26.7 Å². The van der Waals surface area contributed by atoms with Gasteiger partial charge < -0.3 is 14.7 Å². The number of nitrogens with zero attached hydrogens (tertiary/aromatic N) is 3. The molecule has 1 saturated heterocycles. The van der Waals surface area contributed by atoms with E-state index in [0.717, 1.165) is 31.5 Å². The molecule has 3 rings (SSSR count). The normalized spacial score (nSPS) is 18.5. The summed E-state index contributed by atoms with van der Waals surface area (Å²) < 4.78 is 5.26. The number of amides is 1. The van der Waals surface area contributed by atoms with Gasteiger partial charge in [-0.2, -0.15) is 4.98 Å². The highest BCUT2D eigenvalue weighted by Gasteiger charge is 2.23. The van der Waals surface area contributed by atoms with Crippen molar-refractivity contribution in [2.24, 2.45) is 5.92 Å². The fourth-order valence-corrected chi connectivity index (χ4v) is 3.06. The first kappa shape index (κ1) is 16.6. The largest absolute Gasteiger partial charge is 0.355 e. The highest BCUT2D eigenvalue weighted by Crippen LogP contribution is 2.15. The van der Waals surface area contributed by atoms with Crippen molar-refractivity contribution in [3.05, 3.63) is 47.6 Å². The van der Waals surface area contributed by atoms with E-state index < -0.39 is 0 Å². The van der Waals surface area contributed by atoms with E-state index in [9.17, 15) is 4.79 Å². The second-order valence-electron chi connectivity index (χ2n) is 6.41. The first-order valence-corrected chi connectivity index (χ1v) is 8.52. The molecule has 128 valence electrons. The van der Waals surface area contributed by atoms with Crippen molar-refractivity contribution in [1.29, 1.82) is 0 Å². The minimum Gasteiger partial charge on any atom is -0.355 e. The molecule has 2 heterocycles. The number of benzene rings is 1. The van der Waals surface area contributed by atoms with Crippen LogP contribution in [-0.2, 0) is 17.6 Å². The number of hydrogen-bond donors (Lipinski definition) is 1. The highest BCUT2D eigenvalue weighted by molar-refractivity contribution is 5.78. The summed E-state index contributed by atoms with van der Waals surface area (Å²) in [5.41, 5.74) is 1.15. The molecule has 0 unspecified atom stereocenters. The van der Waals surface area contributed by atoms with Gasteiger partial charge in [0.1, 0.15) is 0 Å². The topological polar surface area (TPSA) is 71.3 Å². The third-order valence-corrected chi connectivity index (χ3v) is 4.35. The summed E-state index contributed by atoms with van der Waals surface area (Å²) in [5.74, 6) is 1.48. The van der Waals surface area contributed by atoms with E-state index in [-0.39, 0.29) is 11.8 Å². The Balaban J connectivity index is 1.43. The molecule has 0 aliphatic carbocycles. The number of rotatable bonds is 6. The summed E-state index contributed by atoms with van der Waals surface area (Å²) in [4.78, 5) is 18.8.